The molecule has 2 N–H and O–H groups in total. The van der Waals surface area contributed by atoms with Crippen LogP contribution in [0.5, 0.6) is 0 Å². The lowest BCUT2D eigenvalue weighted by Crippen LogP contribution is -2.15. The number of hydrogen-bond donors (Lipinski definition) is 2. The third kappa shape index (κ3) is 5.21. The molecule has 0 saturated heterocycles. The van der Waals surface area contributed by atoms with Crippen LogP contribution >= 0.6 is 0 Å². The van der Waals surface area contributed by atoms with Crippen molar-refractivity contribution >= 4 is 17.3 Å². The molecule has 0 aliphatic rings. The van der Waals surface area contributed by atoms with Crippen LogP contribution in [0.2, 0.25) is 0 Å². The Kier molecular flexibility index (Phi) is 6.26. The number of benzene rings is 1. The van der Waals surface area contributed by atoms with Crippen LogP contribution in [0.15, 0.2) is 24.3 Å². The monoisotopic (exact) mass is 248 g/mol. The van der Waals surface area contributed by atoms with E-state index in [1.165, 1.54) is 19.3 Å². The minimum Gasteiger partial charge on any atom is -0.383 e. The lowest BCUT2D eigenvalue weighted by atomic mass is 10.1. The quantitative estimate of drug-likeness (QED) is 0.765. The zero-order valence-electron chi connectivity index (χ0n) is 11.6. The van der Waals surface area contributed by atoms with Gasteiger partial charge in [-0.1, -0.05) is 32.8 Å². The Morgan fingerprint density at radius 3 is 2.67 bits per heavy atom. The first kappa shape index (κ1) is 14.6. The van der Waals surface area contributed by atoms with E-state index in [1.54, 1.807) is 0 Å². The summed E-state index contributed by atoms with van der Waals surface area (Å²) >= 11 is 0. The first-order valence-electron chi connectivity index (χ1n) is 6.82. The molecule has 1 rings (SSSR count). The molecule has 0 aromatic heterocycles. The summed E-state index contributed by atoms with van der Waals surface area (Å²) in [7, 11) is 0. The number of rotatable bonds is 7. The summed E-state index contributed by atoms with van der Waals surface area (Å²) in [6.07, 6.45) is 4.13. The molecule has 18 heavy (non-hydrogen) atoms. The lowest BCUT2D eigenvalue weighted by molar-refractivity contribution is -0.115. The van der Waals surface area contributed by atoms with Gasteiger partial charge in [-0.2, -0.15) is 0 Å². The van der Waals surface area contributed by atoms with E-state index in [-0.39, 0.29) is 5.91 Å². The van der Waals surface area contributed by atoms with Crippen LogP contribution in [0.3, 0.4) is 0 Å². The predicted octanol–water partition coefficient (Wildman–Crippen LogP) is 4.03. The molecule has 0 aliphatic heterocycles. The van der Waals surface area contributed by atoms with Crippen LogP contribution in [0, 0.1) is 0 Å². The largest absolute Gasteiger partial charge is 0.383 e. The molecule has 0 heterocycles. The van der Waals surface area contributed by atoms with Crippen molar-refractivity contribution in [2.24, 2.45) is 0 Å². The third-order valence-electron chi connectivity index (χ3n) is 2.87. The second kappa shape index (κ2) is 7.75. The normalized spacial score (nSPS) is 11.9. The zero-order valence-corrected chi connectivity index (χ0v) is 11.6. The number of carbonyl (C=O) groups is 1. The molecule has 0 bridgehead atoms. The fourth-order valence-electron chi connectivity index (χ4n) is 1.80. The van der Waals surface area contributed by atoms with Gasteiger partial charge in [0, 0.05) is 23.8 Å². The maximum absolute atomic E-state index is 11.3. The fourth-order valence-corrected chi connectivity index (χ4v) is 1.80. The Labute approximate surface area is 110 Å². The van der Waals surface area contributed by atoms with E-state index in [4.69, 9.17) is 0 Å². The molecule has 100 valence electrons. The molecule has 1 aromatic carbocycles. The summed E-state index contributed by atoms with van der Waals surface area (Å²) in [5.41, 5.74) is 1.92. The summed E-state index contributed by atoms with van der Waals surface area (Å²) < 4.78 is 0. The first-order valence-corrected chi connectivity index (χ1v) is 6.82. The van der Waals surface area contributed by atoms with Crippen LogP contribution in [0.25, 0.3) is 0 Å². The molecule has 3 nitrogen and oxygen atoms in total. The van der Waals surface area contributed by atoms with Gasteiger partial charge in [0.25, 0.3) is 0 Å². The van der Waals surface area contributed by atoms with Crippen molar-refractivity contribution in [3.63, 3.8) is 0 Å². The predicted molar refractivity (Wildman–Crippen MR) is 78.0 cm³/mol. The van der Waals surface area contributed by atoms with Crippen molar-refractivity contribution in [2.75, 3.05) is 10.6 Å². The molecule has 1 unspecified atom stereocenters. The van der Waals surface area contributed by atoms with E-state index in [0.717, 1.165) is 11.4 Å². The van der Waals surface area contributed by atoms with Crippen molar-refractivity contribution < 1.29 is 4.79 Å². The van der Waals surface area contributed by atoms with Crippen LogP contribution in [0.4, 0.5) is 11.4 Å². The highest BCUT2D eigenvalue weighted by molar-refractivity contribution is 5.90. The van der Waals surface area contributed by atoms with Gasteiger partial charge in [-0.25, -0.2) is 0 Å². The van der Waals surface area contributed by atoms with E-state index in [9.17, 15) is 4.79 Å². The summed E-state index contributed by atoms with van der Waals surface area (Å²) in [4.78, 5) is 11.3. The van der Waals surface area contributed by atoms with E-state index < -0.39 is 0 Å². The standard InChI is InChI=1S/C15H24N2O/c1-4-6-8-12(3)16-13-9-7-10-14(11-13)17-15(18)5-2/h7,9-12,16H,4-6,8H2,1-3H3,(H,17,18). The Hall–Kier alpha value is -1.51. The van der Waals surface area contributed by atoms with E-state index in [1.807, 2.05) is 31.2 Å². The SMILES string of the molecule is CCCCC(C)Nc1cccc(NC(=O)CC)c1. The van der Waals surface area contributed by atoms with E-state index in [2.05, 4.69) is 24.5 Å². The average Bonchev–Trinajstić information content (AvgIpc) is 2.36. The van der Waals surface area contributed by atoms with Crippen LogP contribution in [-0.4, -0.2) is 11.9 Å². The number of hydrogen-bond acceptors (Lipinski definition) is 2. The van der Waals surface area contributed by atoms with Gasteiger partial charge in [0.1, 0.15) is 0 Å². The van der Waals surface area contributed by atoms with Gasteiger partial charge in [0.2, 0.25) is 5.91 Å². The highest BCUT2D eigenvalue weighted by Gasteiger charge is 2.03. The van der Waals surface area contributed by atoms with Crippen molar-refractivity contribution in [3.8, 4) is 0 Å². The van der Waals surface area contributed by atoms with Gasteiger partial charge >= 0.3 is 0 Å². The first-order chi connectivity index (χ1) is 8.65. The van der Waals surface area contributed by atoms with Crippen LogP contribution in [-0.2, 0) is 4.79 Å². The maximum atomic E-state index is 11.3. The number of nitrogens with one attached hydrogen (secondary N) is 2. The molecule has 3 heteroatoms. The summed E-state index contributed by atoms with van der Waals surface area (Å²) in [5.74, 6) is 0.0474. The molecular formula is C15H24N2O. The average molecular weight is 248 g/mol. The van der Waals surface area contributed by atoms with Gasteiger partial charge in [0.15, 0.2) is 0 Å². The number of anilines is 2. The Morgan fingerprint density at radius 1 is 1.28 bits per heavy atom. The molecule has 0 spiro atoms. The topological polar surface area (TPSA) is 41.1 Å². The zero-order chi connectivity index (χ0) is 13.4. The number of unbranched alkanes of at least 4 members (excludes halogenated alkanes) is 1. The number of amides is 1. The molecule has 0 saturated carbocycles. The highest BCUT2D eigenvalue weighted by atomic mass is 16.1. The van der Waals surface area contributed by atoms with Crippen molar-refractivity contribution in [3.05, 3.63) is 24.3 Å². The minimum atomic E-state index is 0.0474. The molecule has 0 fully saturated rings. The van der Waals surface area contributed by atoms with Crippen molar-refractivity contribution in [2.45, 2.75) is 52.5 Å². The van der Waals surface area contributed by atoms with Crippen molar-refractivity contribution in [1.29, 1.82) is 0 Å². The van der Waals surface area contributed by atoms with Crippen LogP contribution < -0.4 is 10.6 Å². The van der Waals surface area contributed by atoms with Gasteiger partial charge in [0.05, 0.1) is 0 Å². The Bertz CT molecular complexity index is 377. The second-order valence-corrected chi connectivity index (χ2v) is 4.67. The molecule has 1 aromatic rings. The Balaban J connectivity index is 2.56. The summed E-state index contributed by atoms with van der Waals surface area (Å²) in [5, 5.41) is 6.33. The highest BCUT2D eigenvalue weighted by Crippen LogP contribution is 2.17. The molecule has 0 radical (unpaired) electrons. The maximum Gasteiger partial charge on any atom is 0.224 e. The number of carbonyl (C=O) groups excluding carboxylic acids is 1. The lowest BCUT2D eigenvalue weighted by Gasteiger charge is -2.15. The minimum absolute atomic E-state index is 0.0474. The second-order valence-electron chi connectivity index (χ2n) is 4.67. The van der Waals surface area contributed by atoms with Crippen molar-refractivity contribution in [1.82, 2.24) is 0 Å². The molecule has 0 aliphatic carbocycles. The fraction of sp³-hybridized carbons (Fsp3) is 0.533. The molecule has 1 amide bonds. The summed E-state index contributed by atoms with van der Waals surface area (Å²) in [6, 6.07) is 8.34. The van der Waals surface area contributed by atoms with Gasteiger partial charge in [-0.05, 0) is 31.5 Å². The van der Waals surface area contributed by atoms with E-state index >= 15 is 0 Å². The Morgan fingerprint density at radius 2 is 2.00 bits per heavy atom. The molecule has 1 atom stereocenters. The molecular weight excluding hydrogens is 224 g/mol. The smallest absolute Gasteiger partial charge is 0.224 e. The van der Waals surface area contributed by atoms with Gasteiger partial charge in [-0.3, -0.25) is 4.79 Å². The van der Waals surface area contributed by atoms with E-state index in [0.29, 0.717) is 12.5 Å². The summed E-state index contributed by atoms with van der Waals surface area (Å²) in [6.45, 7) is 6.24. The van der Waals surface area contributed by atoms with Gasteiger partial charge in [-0.15, -0.1) is 0 Å². The van der Waals surface area contributed by atoms with Gasteiger partial charge < -0.3 is 10.6 Å². The van der Waals surface area contributed by atoms with Crippen LogP contribution in [0.1, 0.15) is 46.5 Å². The third-order valence-corrected chi connectivity index (χ3v) is 2.87.